The molecule has 0 atom stereocenters. The van der Waals surface area contributed by atoms with E-state index in [1.54, 1.807) is 41.1 Å². The van der Waals surface area contributed by atoms with Crippen LogP contribution in [0.25, 0.3) is 11.1 Å². The Bertz CT molecular complexity index is 1260. The molecule has 0 bridgehead atoms. The molecule has 1 heterocycles. The Morgan fingerprint density at radius 2 is 1.74 bits per heavy atom. The van der Waals surface area contributed by atoms with Crippen LogP contribution in [0.3, 0.4) is 0 Å². The van der Waals surface area contributed by atoms with Crippen molar-refractivity contribution in [1.82, 2.24) is 4.98 Å². The number of aromatic nitrogens is 1. The summed E-state index contributed by atoms with van der Waals surface area (Å²) in [4.78, 5) is 17.7. The third kappa shape index (κ3) is 5.66. The second kappa shape index (κ2) is 10.1. The van der Waals surface area contributed by atoms with E-state index in [9.17, 15) is 31.5 Å². The molecule has 34 heavy (non-hydrogen) atoms. The van der Waals surface area contributed by atoms with E-state index in [-0.39, 0.29) is 16.8 Å². The summed E-state index contributed by atoms with van der Waals surface area (Å²) in [6.45, 7) is 2.87. The van der Waals surface area contributed by atoms with Crippen LogP contribution in [0.2, 0.25) is 0 Å². The predicted octanol–water partition coefficient (Wildman–Crippen LogP) is 5.12. The number of nitrogens with one attached hydrogen (secondary N) is 1. The number of alkyl halides is 3. The first-order chi connectivity index (χ1) is 16.0. The summed E-state index contributed by atoms with van der Waals surface area (Å²) >= 11 is 0. The third-order valence-electron chi connectivity index (χ3n) is 4.92. The summed E-state index contributed by atoms with van der Waals surface area (Å²) < 4.78 is 63.2. The largest absolute Gasteiger partial charge is 0.516 e. The molecule has 0 aliphatic heterocycles. The fourth-order valence-corrected chi connectivity index (χ4v) is 3.97. The van der Waals surface area contributed by atoms with Crippen LogP contribution >= 0.6 is 0 Å². The van der Waals surface area contributed by atoms with Crippen LogP contribution in [0.4, 0.5) is 24.7 Å². The molecule has 3 aromatic rings. The van der Waals surface area contributed by atoms with E-state index in [1.807, 2.05) is 11.8 Å². The number of carboxylic acids is 1. The number of rotatable bonds is 9. The van der Waals surface area contributed by atoms with Gasteiger partial charge in [0.1, 0.15) is 11.4 Å². The number of hydrogen-bond donors (Lipinski definition) is 2. The lowest BCUT2D eigenvalue weighted by atomic mass is 10.0. The Hall–Kier alpha value is -3.60. The van der Waals surface area contributed by atoms with Crippen molar-refractivity contribution in [3.05, 3.63) is 78.0 Å². The molecular formula is C23H22F3N3O4S. The summed E-state index contributed by atoms with van der Waals surface area (Å²) in [5.74, 6) is -0.745. The third-order valence-corrected chi connectivity index (χ3v) is 6.02. The molecule has 11 heteroatoms. The van der Waals surface area contributed by atoms with Crippen LogP contribution < -0.4 is 9.62 Å². The zero-order valence-corrected chi connectivity index (χ0v) is 18.9. The molecule has 0 aliphatic rings. The second-order valence-corrected chi connectivity index (χ2v) is 9.07. The van der Waals surface area contributed by atoms with E-state index in [2.05, 4.69) is 4.98 Å². The van der Waals surface area contributed by atoms with E-state index in [4.69, 9.17) is 0 Å². The van der Waals surface area contributed by atoms with Crippen molar-refractivity contribution < 1.29 is 31.5 Å². The van der Waals surface area contributed by atoms with Gasteiger partial charge >= 0.3 is 21.5 Å². The molecule has 0 amide bonds. The van der Waals surface area contributed by atoms with Gasteiger partial charge in [0.25, 0.3) is 0 Å². The highest BCUT2D eigenvalue weighted by Gasteiger charge is 2.46. The van der Waals surface area contributed by atoms with Gasteiger partial charge in [0.05, 0.1) is 5.69 Å². The number of sulfonamides is 1. The van der Waals surface area contributed by atoms with Crippen molar-refractivity contribution in [1.29, 1.82) is 0 Å². The van der Waals surface area contributed by atoms with Gasteiger partial charge in [-0.25, -0.2) is 9.78 Å². The predicted molar refractivity (Wildman–Crippen MR) is 123 cm³/mol. The molecule has 1 aromatic heterocycles. The van der Waals surface area contributed by atoms with E-state index >= 15 is 0 Å². The standard InChI is InChI=1S/C23H22F3N3O4S/c1-2-14-29(21-19(22(30)31)7-5-13-27-21)15-16-9-11-17(12-10-16)18-6-3-4-8-20(18)28-34(32,33)23(24,25)26/h3-13,28H,2,14-15H2,1H3,(H,30,31). The van der Waals surface area contributed by atoms with Crippen LogP contribution in [-0.2, 0) is 16.6 Å². The minimum absolute atomic E-state index is 0.0819. The Kier molecular flexibility index (Phi) is 7.45. The summed E-state index contributed by atoms with van der Waals surface area (Å²) in [6.07, 6.45) is 2.27. The lowest BCUT2D eigenvalue weighted by molar-refractivity contribution is -0.0429. The highest BCUT2D eigenvalue weighted by molar-refractivity contribution is 7.93. The maximum Gasteiger partial charge on any atom is 0.516 e. The maximum absolute atomic E-state index is 12.8. The van der Waals surface area contributed by atoms with Gasteiger partial charge in [0.2, 0.25) is 0 Å². The van der Waals surface area contributed by atoms with Crippen LogP contribution in [0.15, 0.2) is 66.9 Å². The SMILES string of the molecule is CCCN(Cc1ccc(-c2ccccc2NS(=O)(=O)C(F)(F)F)cc1)c1ncccc1C(=O)O. The normalized spacial score (nSPS) is 11.8. The number of carboxylic acid groups (broad SMARTS) is 1. The fourth-order valence-electron chi connectivity index (χ4n) is 3.38. The van der Waals surface area contributed by atoms with Gasteiger partial charge in [-0.05, 0) is 35.7 Å². The zero-order valence-electron chi connectivity index (χ0n) is 18.1. The lowest BCUT2D eigenvalue weighted by Gasteiger charge is -2.24. The molecular weight excluding hydrogens is 471 g/mol. The molecule has 0 fully saturated rings. The number of benzene rings is 2. The molecule has 180 valence electrons. The van der Waals surface area contributed by atoms with Crippen molar-refractivity contribution in [3.63, 3.8) is 0 Å². The Labute approximate surface area is 194 Å². The van der Waals surface area contributed by atoms with Gasteiger partial charge in [0.15, 0.2) is 0 Å². The van der Waals surface area contributed by atoms with Crippen LogP contribution in [-0.4, -0.2) is 36.5 Å². The van der Waals surface area contributed by atoms with Gasteiger partial charge in [-0.3, -0.25) is 4.72 Å². The summed E-state index contributed by atoms with van der Waals surface area (Å²) in [5, 5.41) is 9.48. The van der Waals surface area contributed by atoms with Crippen molar-refractivity contribution >= 4 is 27.5 Å². The van der Waals surface area contributed by atoms with Crippen LogP contribution in [0, 0.1) is 0 Å². The highest BCUT2D eigenvalue weighted by Crippen LogP contribution is 2.32. The van der Waals surface area contributed by atoms with Crippen molar-refractivity contribution in [2.24, 2.45) is 0 Å². The Balaban J connectivity index is 1.88. The molecule has 0 aliphatic carbocycles. The van der Waals surface area contributed by atoms with Crippen LogP contribution in [0.5, 0.6) is 0 Å². The molecule has 0 unspecified atom stereocenters. The van der Waals surface area contributed by atoms with Gasteiger partial charge < -0.3 is 10.0 Å². The van der Waals surface area contributed by atoms with E-state index in [0.29, 0.717) is 24.5 Å². The molecule has 7 nitrogen and oxygen atoms in total. The molecule has 0 radical (unpaired) electrons. The van der Waals surface area contributed by atoms with Crippen molar-refractivity contribution in [2.45, 2.75) is 25.4 Å². The monoisotopic (exact) mass is 493 g/mol. The number of carbonyl (C=O) groups is 1. The lowest BCUT2D eigenvalue weighted by Crippen LogP contribution is -2.30. The average molecular weight is 494 g/mol. The first-order valence-electron chi connectivity index (χ1n) is 10.2. The van der Waals surface area contributed by atoms with Gasteiger partial charge in [0, 0.05) is 24.8 Å². The average Bonchev–Trinajstić information content (AvgIpc) is 2.79. The minimum atomic E-state index is -5.57. The number of hydrogen-bond acceptors (Lipinski definition) is 5. The number of para-hydroxylation sites is 1. The summed E-state index contributed by atoms with van der Waals surface area (Å²) in [7, 11) is -5.57. The van der Waals surface area contributed by atoms with Gasteiger partial charge in [-0.1, -0.05) is 49.4 Å². The highest BCUT2D eigenvalue weighted by atomic mass is 32.2. The maximum atomic E-state index is 12.8. The molecule has 3 rings (SSSR count). The first-order valence-corrected chi connectivity index (χ1v) is 11.7. The molecule has 0 spiro atoms. The number of nitrogens with zero attached hydrogens (tertiary/aromatic N) is 2. The number of halogens is 3. The smallest absolute Gasteiger partial charge is 0.478 e. The zero-order chi connectivity index (χ0) is 24.9. The second-order valence-electron chi connectivity index (χ2n) is 7.40. The fraction of sp³-hybridized carbons (Fsp3) is 0.217. The number of anilines is 2. The van der Waals surface area contributed by atoms with Crippen molar-refractivity contribution in [2.75, 3.05) is 16.2 Å². The minimum Gasteiger partial charge on any atom is -0.478 e. The van der Waals surface area contributed by atoms with E-state index in [0.717, 1.165) is 12.0 Å². The summed E-state index contributed by atoms with van der Waals surface area (Å²) in [6, 6.07) is 15.6. The van der Waals surface area contributed by atoms with Crippen LogP contribution in [0.1, 0.15) is 29.3 Å². The Morgan fingerprint density at radius 1 is 1.06 bits per heavy atom. The Morgan fingerprint density at radius 3 is 2.35 bits per heavy atom. The van der Waals surface area contributed by atoms with E-state index < -0.39 is 21.5 Å². The number of pyridine rings is 1. The van der Waals surface area contributed by atoms with Gasteiger partial charge in [-0.2, -0.15) is 21.6 Å². The topological polar surface area (TPSA) is 99.6 Å². The summed E-state index contributed by atoms with van der Waals surface area (Å²) in [5.41, 5.74) is -3.95. The van der Waals surface area contributed by atoms with Gasteiger partial charge in [-0.15, -0.1) is 0 Å². The number of aromatic carboxylic acids is 1. The molecule has 2 aromatic carbocycles. The quantitative estimate of drug-likeness (QED) is 0.429. The molecule has 2 N–H and O–H groups in total. The molecule has 0 saturated heterocycles. The van der Waals surface area contributed by atoms with E-state index in [1.165, 1.54) is 30.5 Å². The first kappa shape index (κ1) is 25.0. The molecule has 0 saturated carbocycles. The van der Waals surface area contributed by atoms with Crippen molar-refractivity contribution in [3.8, 4) is 11.1 Å².